The molecule has 240 valence electrons. The summed E-state index contributed by atoms with van der Waals surface area (Å²) in [4.78, 5) is 24.6. The van der Waals surface area contributed by atoms with Gasteiger partial charge in [-0.05, 0) is 94.2 Å². The smallest absolute Gasteiger partial charge is 0.311 e. The molecule has 1 heterocycles. The monoisotopic (exact) mass is 585 g/mol. The quantitative estimate of drug-likeness (QED) is 0.0997. The second-order valence-electron chi connectivity index (χ2n) is 14.1. The normalized spacial score (nSPS) is 17.9. The van der Waals surface area contributed by atoms with Crippen molar-refractivity contribution in [2.75, 3.05) is 6.54 Å². The van der Waals surface area contributed by atoms with Crippen LogP contribution in [0.15, 0.2) is 0 Å². The number of nitrogens with one attached hydrogen (secondary N) is 1. The number of hydrogen-bond donors (Lipinski definition) is 1. The van der Waals surface area contributed by atoms with Crippen LogP contribution in [0.1, 0.15) is 154 Å². The fourth-order valence-electron chi connectivity index (χ4n) is 6.29. The van der Waals surface area contributed by atoms with Crippen molar-refractivity contribution in [1.29, 1.82) is 0 Å². The van der Waals surface area contributed by atoms with Crippen LogP contribution in [-0.2, 0) is 16.0 Å². The lowest BCUT2D eigenvalue weighted by molar-refractivity contribution is -0.136. The summed E-state index contributed by atoms with van der Waals surface area (Å²) in [5.74, 6) is 3.60. The van der Waals surface area contributed by atoms with Crippen LogP contribution in [0, 0.1) is 38.5 Å². The Morgan fingerprint density at radius 1 is 0.857 bits per heavy atom. The molecule has 1 aromatic rings. The number of fused-ring (bicyclic) bond motifs is 1. The molecule has 0 unspecified atom stereocenters. The fourth-order valence-corrected chi connectivity index (χ4v) is 6.29. The van der Waals surface area contributed by atoms with Gasteiger partial charge in [0.1, 0.15) is 17.1 Å². The molecule has 0 fully saturated rings. The number of unbranched alkanes of at least 4 members (excludes halogenated alkanes) is 1. The molecule has 0 aliphatic carbocycles. The Hall–Kier alpha value is -2.04. The molecule has 5 nitrogen and oxygen atoms in total. The Bertz CT molecular complexity index is 1000. The number of carbonyl (C=O) groups excluding carboxylic acids is 2. The number of amides is 1. The van der Waals surface area contributed by atoms with Gasteiger partial charge < -0.3 is 14.8 Å². The van der Waals surface area contributed by atoms with Gasteiger partial charge in [0.25, 0.3) is 0 Å². The third-order valence-electron chi connectivity index (χ3n) is 9.46. The molecular weight excluding hydrogens is 522 g/mol. The lowest BCUT2D eigenvalue weighted by atomic mass is 9.83. The van der Waals surface area contributed by atoms with Crippen LogP contribution in [0.4, 0.5) is 0 Å². The standard InChI is InChI=1S/C37H63NO4/c1-10-11-25-38-33(39)20-21-34(40)41-35-29(6)30(7)36-32(31(35)8)22-24-37(9,42-36)23-14-19-28(5)18-13-17-27(4)16-12-15-26(2)3/h26-28H,10-25H2,1-9H3,(H,38,39)/t27-,28-,37-/m1/s1. The predicted molar refractivity (Wildman–Crippen MR) is 176 cm³/mol. The van der Waals surface area contributed by atoms with Crippen LogP contribution >= 0.6 is 0 Å². The van der Waals surface area contributed by atoms with Crippen LogP contribution < -0.4 is 14.8 Å². The molecule has 0 spiro atoms. The number of hydrogen-bond acceptors (Lipinski definition) is 4. The van der Waals surface area contributed by atoms with E-state index in [-0.39, 0.29) is 30.3 Å². The number of esters is 1. The van der Waals surface area contributed by atoms with Gasteiger partial charge in [0.05, 0.1) is 6.42 Å². The maximum atomic E-state index is 12.6. The summed E-state index contributed by atoms with van der Waals surface area (Å²) in [5.41, 5.74) is 3.99. The van der Waals surface area contributed by atoms with E-state index in [0.29, 0.717) is 12.3 Å². The van der Waals surface area contributed by atoms with Crippen molar-refractivity contribution in [2.24, 2.45) is 17.8 Å². The van der Waals surface area contributed by atoms with E-state index < -0.39 is 0 Å². The number of benzene rings is 1. The van der Waals surface area contributed by atoms with Gasteiger partial charge in [0.2, 0.25) is 5.91 Å². The Kier molecular flexibility index (Phi) is 15.4. The molecular formula is C37H63NO4. The lowest BCUT2D eigenvalue weighted by Gasteiger charge is -2.38. The lowest BCUT2D eigenvalue weighted by Crippen LogP contribution is -2.37. The Morgan fingerprint density at radius 3 is 2.10 bits per heavy atom. The zero-order valence-corrected chi connectivity index (χ0v) is 28.7. The van der Waals surface area contributed by atoms with Crippen molar-refractivity contribution in [3.8, 4) is 11.5 Å². The largest absolute Gasteiger partial charge is 0.487 e. The van der Waals surface area contributed by atoms with E-state index in [4.69, 9.17) is 9.47 Å². The molecule has 1 amide bonds. The first-order valence-corrected chi connectivity index (χ1v) is 17.2. The molecule has 0 aromatic heterocycles. The average molecular weight is 586 g/mol. The van der Waals surface area contributed by atoms with Crippen molar-refractivity contribution < 1.29 is 19.1 Å². The van der Waals surface area contributed by atoms with Gasteiger partial charge in [0.15, 0.2) is 0 Å². The van der Waals surface area contributed by atoms with Crippen molar-refractivity contribution in [2.45, 2.75) is 164 Å². The highest BCUT2D eigenvalue weighted by Gasteiger charge is 2.34. The molecule has 0 saturated carbocycles. The highest BCUT2D eigenvalue weighted by Crippen LogP contribution is 2.45. The molecule has 0 saturated heterocycles. The molecule has 1 N–H and O–H groups in total. The zero-order chi connectivity index (χ0) is 31.3. The first-order chi connectivity index (χ1) is 19.9. The molecule has 1 aliphatic rings. The summed E-state index contributed by atoms with van der Waals surface area (Å²) in [6, 6.07) is 0. The second kappa shape index (κ2) is 17.9. The number of ether oxygens (including phenoxy) is 2. The van der Waals surface area contributed by atoms with Crippen molar-refractivity contribution in [3.05, 3.63) is 22.3 Å². The summed E-state index contributed by atoms with van der Waals surface area (Å²) in [7, 11) is 0. The third-order valence-corrected chi connectivity index (χ3v) is 9.46. The summed E-state index contributed by atoms with van der Waals surface area (Å²) in [6.45, 7) is 20.6. The summed E-state index contributed by atoms with van der Waals surface area (Å²) < 4.78 is 12.6. The van der Waals surface area contributed by atoms with Gasteiger partial charge >= 0.3 is 5.97 Å². The minimum absolute atomic E-state index is 0.0806. The van der Waals surface area contributed by atoms with Crippen LogP contribution in [0.3, 0.4) is 0 Å². The van der Waals surface area contributed by atoms with Crippen molar-refractivity contribution >= 4 is 11.9 Å². The molecule has 42 heavy (non-hydrogen) atoms. The second-order valence-corrected chi connectivity index (χ2v) is 14.1. The molecule has 1 aliphatic heterocycles. The van der Waals surface area contributed by atoms with Crippen LogP contribution in [0.5, 0.6) is 11.5 Å². The van der Waals surface area contributed by atoms with Gasteiger partial charge in [0, 0.05) is 18.5 Å². The van der Waals surface area contributed by atoms with Gasteiger partial charge in [-0.2, -0.15) is 0 Å². The van der Waals surface area contributed by atoms with Crippen molar-refractivity contribution in [3.63, 3.8) is 0 Å². The van der Waals surface area contributed by atoms with Crippen molar-refractivity contribution in [1.82, 2.24) is 5.32 Å². The SMILES string of the molecule is CCCCNC(=O)CCC(=O)Oc1c(C)c(C)c2c(c1C)CC[C@@](C)(CCC[C@H](C)CCC[C@H](C)CCCC(C)C)O2. The topological polar surface area (TPSA) is 64.6 Å². The minimum Gasteiger partial charge on any atom is -0.487 e. The van der Waals surface area contributed by atoms with E-state index in [1.165, 1.54) is 51.4 Å². The molecule has 0 radical (unpaired) electrons. The van der Waals surface area contributed by atoms with Gasteiger partial charge in [-0.15, -0.1) is 0 Å². The van der Waals surface area contributed by atoms with Crippen LogP contribution in [0.25, 0.3) is 0 Å². The van der Waals surface area contributed by atoms with Gasteiger partial charge in [-0.3, -0.25) is 9.59 Å². The van der Waals surface area contributed by atoms with E-state index in [1.807, 2.05) is 13.8 Å². The molecule has 2 rings (SSSR count). The van der Waals surface area contributed by atoms with Crippen LogP contribution in [0.2, 0.25) is 0 Å². The highest BCUT2D eigenvalue weighted by molar-refractivity contribution is 5.82. The third kappa shape index (κ3) is 11.9. The predicted octanol–water partition coefficient (Wildman–Crippen LogP) is 9.74. The number of carbonyl (C=O) groups is 2. The molecule has 5 heteroatoms. The van der Waals surface area contributed by atoms with E-state index in [1.54, 1.807) is 0 Å². The van der Waals surface area contributed by atoms with E-state index in [0.717, 1.165) is 77.9 Å². The number of rotatable bonds is 19. The highest BCUT2D eigenvalue weighted by atomic mass is 16.5. The summed E-state index contributed by atoms with van der Waals surface area (Å²) in [5, 5.41) is 2.86. The summed E-state index contributed by atoms with van der Waals surface area (Å²) >= 11 is 0. The van der Waals surface area contributed by atoms with E-state index in [9.17, 15) is 9.59 Å². The van der Waals surface area contributed by atoms with Gasteiger partial charge in [-0.25, -0.2) is 0 Å². The zero-order valence-electron chi connectivity index (χ0n) is 28.7. The first-order valence-electron chi connectivity index (χ1n) is 17.2. The van der Waals surface area contributed by atoms with Gasteiger partial charge in [-0.1, -0.05) is 86.0 Å². The van der Waals surface area contributed by atoms with E-state index in [2.05, 4.69) is 53.8 Å². The van der Waals surface area contributed by atoms with E-state index >= 15 is 0 Å². The molecule has 1 aromatic carbocycles. The fraction of sp³-hybridized carbons (Fsp3) is 0.784. The Balaban J connectivity index is 1.85. The Labute approximate surface area is 258 Å². The Morgan fingerprint density at radius 2 is 1.48 bits per heavy atom. The maximum absolute atomic E-state index is 12.6. The average Bonchev–Trinajstić information content (AvgIpc) is 2.93. The maximum Gasteiger partial charge on any atom is 0.311 e. The molecule has 3 atom stereocenters. The first kappa shape index (κ1) is 36.2. The van der Waals surface area contributed by atoms with Crippen LogP contribution in [-0.4, -0.2) is 24.0 Å². The minimum atomic E-state index is -0.359. The summed E-state index contributed by atoms with van der Waals surface area (Å²) in [6.07, 6.45) is 15.8. The molecule has 0 bridgehead atoms.